The number of amides is 2. The van der Waals surface area contributed by atoms with Crippen LogP contribution in [0.5, 0.6) is 0 Å². The Balaban J connectivity index is 1.69. The summed E-state index contributed by atoms with van der Waals surface area (Å²) >= 11 is 0. The van der Waals surface area contributed by atoms with E-state index < -0.39 is 11.4 Å². The van der Waals surface area contributed by atoms with Gasteiger partial charge in [0.2, 0.25) is 5.91 Å². The van der Waals surface area contributed by atoms with Gasteiger partial charge in [0.1, 0.15) is 0 Å². The van der Waals surface area contributed by atoms with Crippen LogP contribution in [0.15, 0.2) is 42.7 Å². The molecule has 1 aliphatic rings. The van der Waals surface area contributed by atoms with Crippen LogP contribution in [0, 0.1) is 12.3 Å². The molecule has 0 radical (unpaired) electrons. The lowest BCUT2D eigenvalue weighted by molar-refractivity contribution is -0.157. The second-order valence-corrected chi connectivity index (χ2v) is 6.88. The van der Waals surface area contributed by atoms with Gasteiger partial charge < -0.3 is 15.7 Å². The SMILES string of the molecule is Cc1ccc(NC(=O)CC2(C(=O)O)CCC2)cc1NC(=O)c1ccncc1. The first-order valence-electron chi connectivity index (χ1n) is 8.75. The van der Waals surface area contributed by atoms with Crippen LogP contribution in [0.25, 0.3) is 0 Å². The van der Waals surface area contributed by atoms with Crippen molar-refractivity contribution in [2.45, 2.75) is 32.6 Å². The van der Waals surface area contributed by atoms with Crippen LogP contribution >= 0.6 is 0 Å². The minimum atomic E-state index is -0.937. The predicted octanol–water partition coefficient (Wildman–Crippen LogP) is 3.23. The number of hydrogen-bond donors (Lipinski definition) is 3. The van der Waals surface area contributed by atoms with Gasteiger partial charge in [-0.2, -0.15) is 0 Å². The highest BCUT2D eigenvalue weighted by molar-refractivity contribution is 6.05. The summed E-state index contributed by atoms with van der Waals surface area (Å²) < 4.78 is 0. The van der Waals surface area contributed by atoms with E-state index in [2.05, 4.69) is 15.6 Å². The van der Waals surface area contributed by atoms with Gasteiger partial charge in [-0.3, -0.25) is 19.4 Å². The number of pyridine rings is 1. The van der Waals surface area contributed by atoms with Gasteiger partial charge in [0.15, 0.2) is 0 Å². The van der Waals surface area contributed by atoms with Gasteiger partial charge in [-0.15, -0.1) is 0 Å². The molecule has 3 rings (SSSR count). The molecule has 3 N–H and O–H groups in total. The maximum absolute atomic E-state index is 12.3. The van der Waals surface area contributed by atoms with Crippen molar-refractivity contribution in [1.82, 2.24) is 4.98 Å². The summed E-state index contributed by atoms with van der Waals surface area (Å²) in [5.74, 6) is -1.53. The zero-order valence-electron chi connectivity index (χ0n) is 15.0. The topological polar surface area (TPSA) is 108 Å². The van der Waals surface area contributed by atoms with E-state index in [0.29, 0.717) is 29.8 Å². The molecule has 0 bridgehead atoms. The molecule has 7 nitrogen and oxygen atoms in total. The minimum Gasteiger partial charge on any atom is -0.481 e. The number of carboxylic acid groups (broad SMARTS) is 1. The van der Waals surface area contributed by atoms with Crippen molar-refractivity contribution < 1.29 is 19.5 Å². The fourth-order valence-electron chi connectivity index (χ4n) is 3.11. The molecule has 7 heteroatoms. The Morgan fingerprint density at radius 1 is 1.11 bits per heavy atom. The third-order valence-corrected chi connectivity index (χ3v) is 4.98. The van der Waals surface area contributed by atoms with E-state index in [1.807, 2.05) is 6.92 Å². The Morgan fingerprint density at radius 3 is 2.41 bits per heavy atom. The van der Waals surface area contributed by atoms with Crippen molar-refractivity contribution >= 4 is 29.2 Å². The lowest BCUT2D eigenvalue weighted by Gasteiger charge is -2.36. The first kappa shape index (κ1) is 18.6. The lowest BCUT2D eigenvalue weighted by atomic mass is 9.66. The van der Waals surface area contributed by atoms with Gasteiger partial charge in [0.25, 0.3) is 5.91 Å². The number of carbonyl (C=O) groups excluding carboxylic acids is 2. The second kappa shape index (κ2) is 7.57. The van der Waals surface area contributed by atoms with Crippen molar-refractivity contribution in [3.8, 4) is 0 Å². The zero-order chi connectivity index (χ0) is 19.4. The minimum absolute atomic E-state index is 0.0467. The monoisotopic (exact) mass is 367 g/mol. The number of carboxylic acids is 1. The standard InChI is InChI=1S/C20H21N3O4/c1-13-3-4-15(22-17(24)12-20(19(26)27)7-2-8-20)11-16(13)23-18(25)14-5-9-21-10-6-14/h3-6,9-11H,2,7-8,12H2,1H3,(H,22,24)(H,23,25)(H,26,27). The number of nitrogens with one attached hydrogen (secondary N) is 2. The number of rotatable bonds is 6. The van der Waals surface area contributed by atoms with Crippen LogP contribution in [0.1, 0.15) is 41.6 Å². The van der Waals surface area contributed by atoms with Crippen molar-refractivity contribution in [1.29, 1.82) is 0 Å². The molecule has 0 unspecified atom stereocenters. The Labute approximate surface area is 156 Å². The molecule has 0 aliphatic heterocycles. The van der Waals surface area contributed by atoms with Crippen molar-refractivity contribution in [3.63, 3.8) is 0 Å². The molecule has 1 heterocycles. The molecule has 1 aliphatic carbocycles. The van der Waals surface area contributed by atoms with E-state index in [-0.39, 0.29) is 18.2 Å². The summed E-state index contributed by atoms with van der Waals surface area (Å²) in [4.78, 5) is 39.9. The van der Waals surface area contributed by atoms with Crippen LogP contribution in [-0.4, -0.2) is 27.9 Å². The number of nitrogens with zero attached hydrogens (tertiary/aromatic N) is 1. The molecule has 0 spiro atoms. The molecule has 140 valence electrons. The molecule has 0 atom stereocenters. The maximum Gasteiger partial charge on any atom is 0.310 e. The van der Waals surface area contributed by atoms with Crippen LogP contribution in [0.2, 0.25) is 0 Å². The van der Waals surface area contributed by atoms with Gasteiger partial charge in [-0.25, -0.2) is 0 Å². The van der Waals surface area contributed by atoms with E-state index in [0.717, 1.165) is 12.0 Å². The smallest absolute Gasteiger partial charge is 0.310 e. The summed E-state index contributed by atoms with van der Waals surface area (Å²) in [5.41, 5.74) is 1.47. The Bertz CT molecular complexity index is 876. The van der Waals surface area contributed by atoms with E-state index >= 15 is 0 Å². The molecule has 27 heavy (non-hydrogen) atoms. The molecule has 2 aromatic rings. The lowest BCUT2D eigenvalue weighted by Crippen LogP contribution is -2.41. The first-order chi connectivity index (χ1) is 12.9. The Morgan fingerprint density at radius 2 is 1.81 bits per heavy atom. The Kier molecular flexibility index (Phi) is 5.21. The summed E-state index contributed by atoms with van der Waals surface area (Å²) in [5, 5.41) is 14.9. The molecule has 0 saturated heterocycles. The third-order valence-electron chi connectivity index (χ3n) is 4.98. The van der Waals surface area contributed by atoms with Crippen LogP contribution in [-0.2, 0) is 9.59 Å². The maximum atomic E-state index is 12.3. The molecular formula is C20H21N3O4. The zero-order valence-corrected chi connectivity index (χ0v) is 15.0. The average molecular weight is 367 g/mol. The number of aromatic nitrogens is 1. The quantitative estimate of drug-likeness (QED) is 0.726. The van der Waals surface area contributed by atoms with E-state index in [4.69, 9.17) is 0 Å². The van der Waals surface area contributed by atoms with Crippen LogP contribution in [0.3, 0.4) is 0 Å². The highest BCUT2D eigenvalue weighted by atomic mass is 16.4. The fourth-order valence-corrected chi connectivity index (χ4v) is 3.11. The van der Waals surface area contributed by atoms with Gasteiger partial charge in [0, 0.05) is 35.8 Å². The van der Waals surface area contributed by atoms with Crippen molar-refractivity contribution in [2.24, 2.45) is 5.41 Å². The van der Waals surface area contributed by atoms with Gasteiger partial charge >= 0.3 is 5.97 Å². The largest absolute Gasteiger partial charge is 0.481 e. The predicted molar refractivity (Wildman–Crippen MR) is 101 cm³/mol. The van der Waals surface area contributed by atoms with Crippen LogP contribution in [0.4, 0.5) is 11.4 Å². The van der Waals surface area contributed by atoms with E-state index in [9.17, 15) is 19.5 Å². The summed E-state index contributed by atoms with van der Waals surface area (Å²) in [6.07, 6.45) is 4.91. The number of anilines is 2. The van der Waals surface area contributed by atoms with E-state index in [1.54, 1.807) is 30.3 Å². The van der Waals surface area contributed by atoms with Crippen LogP contribution < -0.4 is 10.6 Å². The molecule has 2 amide bonds. The molecule has 1 saturated carbocycles. The number of aliphatic carboxylic acids is 1. The number of hydrogen-bond acceptors (Lipinski definition) is 4. The number of aryl methyl sites for hydroxylation is 1. The van der Waals surface area contributed by atoms with Crippen molar-refractivity contribution in [2.75, 3.05) is 10.6 Å². The first-order valence-corrected chi connectivity index (χ1v) is 8.75. The number of benzene rings is 1. The summed E-state index contributed by atoms with van der Waals surface area (Å²) in [7, 11) is 0. The van der Waals surface area contributed by atoms with Crippen molar-refractivity contribution in [3.05, 3.63) is 53.9 Å². The molecule has 1 aromatic heterocycles. The fraction of sp³-hybridized carbons (Fsp3) is 0.300. The summed E-state index contributed by atoms with van der Waals surface area (Å²) in [6, 6.07) is 8.40. The number of carbonyl (C=O) groups is 3. The van der Waals surface area contributed by atoms with Gasteiger partial charge in [0.05, 0.1) is 5.41 Å². The highest BCUT2D eigenvalue weighted by Crippen LogP contribution is 2.44. The average Bonchev–Trinajstić information content (AvgIpc) is 2.61. The normalized spacial score (nSPS) is 14.7. The summed E-state index contributed by atoms with van der Waals surface area (Å²) in [6.45, 7) is 1.85. The third kappa shape index (κ3) is 4.13. The molecular weight excluding hydrogens is 346 g/mol. The molecule has 1 fully saturated rings. The highest BCUT2D eigenvalue weighted by Gasteiger charge is 2.45. The van der Waals surface area contributed by atoms with Gasteiger partial charge in [-0.05, 0) is 49.6 Å². The second-order valence-electron chi connectivity index (χ2n) is 6.88. The van der Waals surface area contributed by atoms with E-state index in [1.165, 1.54) is 12.4 Å². The van der Waals surface area contributed by atoms with Gasteiger partial charge in [-0.1, -0.05) is 12.5 Å². The molecule has 1 aromatic carbocycles. The Hall–Kier alpha value is -3.22.